The molecule has 2 aromatic carbocycles. The Morgan fingerprint density at radius 2 is 1.71 bits per heavy atom. The van der Waals surface area contributed by atoms with Crippen LogP contribution in [-0.4, -0.2) is 66.5 Å². The molecule has 0 bridgehead atoms. The highest BCUT2D eigenvalue weighted by molar-refractivity contribution is 5.92. The summed E-state index contributed by atoms with van der Waals surface area (Å²) in [5.41, 5.74) is 9.40. The molecular weight excluding hydrogens is 440 g/mol. The normalized spacial score (nSPS) is 15.3. The molecule has 5 N–H and O–H groups in total. The Balaban J connectivity index is 1.50. The van der Waals surface area contributed by atoms with Crippen molar-refractivity contribution in [1.29, 1.82) is 0 Å². The summed E-state index contributed by atoms with van der Waals surface area (Å²) >= 11 is 0. The van der Waals surface area contributed by atoms with Gasteiger partial charge in [-0.2, -0.15) is 0 Å². The highest BCUT2D eigenvalue weighted by Gasteiger charge is 2.32. The van der Waals surface area contributed by atoms with Gasteiger partial charge in [0.1, 0.15) is 6.04 Å². The fraction of sp³-hybridized carbons (Fsp3) is 0.407. The SMILES string of the molecule is CNCc1ccccc1N1CCN(C(=O)[C@@H](Cc2c[nH]c3ccccc23)NC(=O)C(C)(C)N)CC1. The van der Waals surface area contributed by atoms with E-state index in [9.17, 15) is 9.59 Å². The lowest BCUT2D eigenvalue weighted by Crippen LogP contribution is -2.59. The van der Waals surface area contributed by atoms with E-state index in [1.807, 2.05) is 54.5 Å². The number of rotatable bonds is 8. The Morgan fingerprint density at radius 3 is 2.43 bits per heavy atom. The van der Waals surface area contributed by atoms with Crippen LogP contribution in [0, 0.1) is 0 Å². The molecule has 0 aliphatic carbocycles. The average Bonchev–Trinajstić information content (AvgIpc) is 3.26. The van der Waals surface area contributed by atoms with Crippen molar-refractivity contribution < 1.29 is 9.59 Å². The quantitative estimate of drug-likeness (QED) is 0.398. The third-order valence-corrected chi connectivity index (χ3v) is 6.58. The molecule has 1 aliphatic rings. The van der Waals surface area contributed by atoms with Gasteiger partial charge < -0.3 is 31.2 Å². The molecule has 8 heteroatoms. The van der Waals surface area contributed by atoms with Crippen LogP contribution in [0.3, 0.4) is 0 Å². The summed E-state index contributed by atoms with van der Waals surface area (Å²) in [5.74, 6) is -0.411. The van der Waals surface area contributed by atoms with Crippen LogP contribution in [0.4, 0.5) is 5.69 Å². The van der Waals surface area contributed by atoms with E-state index in [4.69, 9.17) is 5.73 Å². The van der Waals surface area contributed by atoms with Gasteiger partial charge in [-0.25, -0.2) is 0 Å². The molecule has 3 aromatic rings. The van der Waals surface area contributed by atoms with Crippen LogP contribution in [-0.2, 0) is 22.6 Å². The van der Waals surface area contributed by atoms with E-state index < -0.39 is 11.6 Å². The number of benzene rings is 2. The molecule has 1 aromatic heterocycles. The lowest BCUT2D eigenvalue weighted by atomic mass is 10.0. The van der Waals surface area contributed by atoms with Gasteiger partial charge in [-0.3, -0.25) is 9.59 Å². The highest BCUT2D eigenvalue weighted by Crippen LogP contribution is 2.23. The number of hydrogen-bond acceptors (Lipinski definition) is 5. The lowest BCUT2D eigenvalue weighted by molar-refractivity contribution is -0.137. The van der Waals surface area contributed by atoms with Crippen LogP contribution in [0.15, 0.2) is 54.7 Å². The minimum atomic E-state index is -1.07. The fourth-order valence-corrected chi connectivity index (χ4v) is 4.61. The summed E-state index contributed by atoms with van der Waals surface area (Å²) in [6, 6.07) is 15.6. The standard InChI is InChI=1S/C27H36N6O2/c1-27(2,28)26(35)31-23(16-20-18-30-22-10-6-5-9-21(20)22)25(34)33-14-12-32(13-15-33)24-11-7-4-8-19(24)17-29-3/h4-11,18,23,29-30H,12-17,28H2,1-3H3,(H,31,35)/t23-/m1/s1. The van der Waals surface area contributed by atoms with Gasteiger partial charge >= 0.3 is 0 Å². The van der Waals surface area contributed by atoms with Crippen molar-refractivity contribution in [3.63, 3.8) is 0 Å². The minimum absolute atomic E-state index is 0.0731. The Kier molecular flexibility index (Phi) is 7.42. The first-order chi connectivity index (χ1) is 16.8. The maximum Gasteiger partial charge on any atom is 0.245 e. The van der Waals surface area contributed by atoms with Crippen LogP contribution in [0.5, 0.6) is 0 Å². The van der Waals surface area contributed by atoms with Crippen molar-refractivity contribution in [2.24, 2.45) is 5.73 Å². The molecule has 1 fully saturated rings. The molecule has 0 radical (unpaired) electrons. The summed E-state index contributed by atoms with van der Waals surface area (Å²) < 4.78 is 0. The molecule has 186 valence electrons. The number of anilines is 1. The highest BCUT2D eigenvalue weighted by atomic mass is 16.2. The number of piperazine rings is 1. The van der Waals surface area contributed by atoms with Gasteiger partial charge in [-0.1, -0.05) is 36.4 Å². The van der Waals surface area contributed by atoms with Crippen molar-refractivity contribution in [2.45, 2.75) is 38.4 Å². The molecule has 8 nitrogen and oxygen atoms in total. The summed E-state index contributed by atoms with van der Waals surface area (Å²) in [4.78, 5) is 33.9. The van der Waals surface area contributed by atoms with Gasteiger partial charge in [0.25, 0.3) is 0 Å². The van der Waals surface area contributed by atoms with Gasteiger partial charge in [0.15, 0.2) is 0 Å². The second-order valence-corrected chi connectivity index (χ2v) is 9.78. The molecule has 1 aliphatic heterocycles. The van der Waals surface area contributed by atoms with Crippen molar-refractivity contribution >= 4 is 28.4 Å². The molecule has 0 unspecified atom stereocenters. The summed E-state index contributed by atoms with van der Waals surface area (Å²) in [6.07, 6.45) is 2.32. The topological polar surface area (TPSA) is 106 Å². The van der Waals surface area contributed by atoms with E-state index in [2.05, 4.69) is 32.7 Å². The first kappa shape index (κ1) is 24.8. The van der Waals surface area contributed by atoms with Crippen molar-refractivity contribution in [2.75, 3.05) is 38.1 Å². The maximum absolute atomic E-state index is 13.7. The second-order valence-electron chi connectivity index (χ2n) is 9.78. The van der Waals surface area contributed by atoms with Crippen molar-refractivity contribution in [3.05, 3.63) is 65.9 Å². The third-order valence-electron chi connectivity index (χ3n) is 6.58. The number of fused-ring (bicyclic) bond motifs is 1. The molecule has 0 spiro atoms. The molecule has 2 amide bonds. The van der Waals surface area contributed by atoms with E-state index in [-0.39, 0.29) is 11.8 Å². The zero-order chi connectivity index (χ0) is 25.0. The van der Waals surface area contributed by atoms with Gasteiger partial charge in [-0.05, 0) is 44.2 Å². The summed E-state index contributed by atoms with van der Waals surface area (Å²) in [7, 11) is 1.94. The number of nitrogens with two attached hydrogens (primary N) is 1. The lowest BCUT2D eigenvalue weighted by Gasteiger charge is -2.38. The Hall–Kier alpha value is -3.36. The Morgan fingerprint density at radius 1 is 1.03 bits per heavy atom. The Bertz CT molecular complexity index is 1170. The van der Waals surface area contributed by atoms with Crippen LogP contribution in [0.1, 0.15) is 25.0 Å². The largest absolute Gasteiger partial charge is 0.368 e. The second kappa shape index (κ2) is 10.5. The number of aromatic amines is 1. The smallest absolute Gasteiger partial charge is 0.245 e. The number of nitrogens with one attached hydrogen (secondary N) is 3. The number of H-pyrrole nitrogens is 1. The Labute approximate surface area is 206 Å². The number of para-hydroxylation sites is 2. The van der Waals surface area contributed by atoms with Crippen LogP contribution >= 0.6 is 0 Å². The molecule has 35 heavy (non-hydrogen) atoms. The molecular formula is C27H36N6O2. The van der Waals surface area contributed by atoms with Crippen molar-refractivity contribution in [3.8, 4) is 0 Å². The average molecular weight is 477 g/mol. The van der Waals surface area contributed by atoms with E-state index in [1.165, 1.54) is 11.3 Å². The van der Waals surface area contributed by atoms with Gasteiger partial charge in [0, 0.05) is 61.9 Å². The van der Waals surface area contributed by atoms with Gasteiger partial charge in [0.2, 0.25) is 11.8 Å². The first-order valence-corrected chi connectivity index (χ1v) is 12.2. The number of carbonyl (C=O) groups is 2. The van der Waals surface area contributed by atoms with E-state index >= 15 is 0 Å². The number of amides is 2. The van der Waals surface area contributed by atoms with Crippen LogP contribution in [0.25, 0.3) is 10.9 Å². The summed E-state index contributed by atoms with van der Waals surface area (Å²) in [6.45, 7) is 6.76. The zero-order valence-electron chi connectivity index (χ0n) is 20.8. The maximum atomic E-state index is 13.7. The molecule has 1 atom stereocenters. The van der Waals surface area contributed by atoms with Gasteiger partial charge in [-0.15, -0.1) is 0 Å². The van der Waals surface area contributed by atoms with Gasteiger partial charge in [0.05, 0.1) is 5.54 Å². The molecule has 2 heterocycles. The zero-order valence-corrected chi connectivity index (χ0v) is 20.8. The summed E-state index contributed by atoms with van der Waals surface area (Å²) in [5, 5.41) is 7.21. The van der Waals surface area contributed by atoms with Crippen LogP contribution < -0.4 is 21.3 Å². The molecule has 0 saturated carbocycles. The fourth-order valence-electron chi connectivity index (χ4n) is 4.61. The molecule has 4 rings (SSSR count). The predicted molar refractivity (Wildman–Crippen MR) is 140 cm³/mol. The number of nitrogens with zero attached hydrogens (tertiary/aromatic N) is 2. The van der Waals surface area contributed by atoms with Crippen LogP contribution in [0.2, 0.25) is 0 Å². The minimum Gasteiger partial charge on any atom is -0.368 e. The predicted octanol–water partition coefficient (Wildman–Crippen LogP) is 2.00. The van der Waals surface area contributed by atoms with E-state index in [0.29, 0.717) is 19.5 Å². The monoisotopic (exact) mass is 476 g/mol. The number of carbonyl (C=O) groups excluding carboxylic acids is 2. The van der Waals surface area contributed by atoms with E-state index in [1.54, 1.807) is 13.8 Å². The van der Waals surface area contributed by atoms with Crippen molar-refractivity contribution in [1.82, 2.24) is 20.5 Å². The van der Waals surface area contributed by atoms with E-state index in [0.717, 1.165) is 36.1 Å². The third kappa shape index (κ3) is 5.66. The molecule has 1 saturated heterocycles. The number of hydrogen-bond donors (Lipinski definition) is 4. The number of aromatic nitrogens is 1. The first-order valence-electron chi connectivity index (χ1n) is 12.2.